The van der Waals surface area contributed by atoms with Gasteiger partial charge in [-0.1, -0.05) is 43.7 Å². The first kappa shape index (κ1) is 28.3. The molecule has 2 atom stereocenters. The molecule has 0 saturated heterocycles. The van der Waals surface area contributed by atoms with Gasteiger partial charge in [0.15, 0.2) is 6.04 Å². The first-order chi connectivity index (χ1) is 16.0. The Labute approximate surface area is 195 Å². The van der Waals surface area contributed by atoms with Crippen molar-refractivity contribution in [2.24, 2.45) is 0 Å². The SMILES string of the molecule is CCCCOC(C)[C@@H](NC(=O)COCCOCCNC(=O)OCc1ccccc1)C(=O)OC. The second-order valence-electron chi connectivity index (χ2n) is 7.15. The Morgan fingerprint density at radius 3 is 2.42 bits per heavy atom. The van der Waals surface area contributed by atoms with Crippen LogP contribution in [0, 0.1) is 0 Å². The van der Waals surface area contributed by atoms with E-state index >= 15 is 0 Å². The van der Waals surface area contributed by atoms with Crippen molar-refractivity contribution < 1.29 is 38.1 Å². The number of amides is 2. The second-order valence-corrected chi connectivity index (χ2v) is 7.15. The van der Waals surface area contributed by atoms with Crippen molar-refractivity contribution in [3.63, 3.8) is 0 Å². The van der Waals surface area contributed by atoms with E-state index in [1.165, 1.54) is 7.11 Å². The van der Waals surface area contributed by atoms with Crippen LogP contribution in [0.2, 0.25) is 0 Å². The molecule has 0 bridgehead atoms. The predicted molar refractivity (Wildman–Crippen MR) is 121 cm³/mol. The molecule has 0 spiro atoms. The maximum Gasteiger partial charge on any atom is 0.407 e. The molecule has 0 aromatic heterocycles. The van der Waals surface area contributed by atoms with Gasteiger partial charge in [0.2, 0.25) is 5.91 Å². The van der Waals surface area contributed by atoms with Crippen LogP contribution < -0.4 is 10.6 Å². The third kappa shape index (κ3) is 13.5. The molecule has 0 radical (unpaired) electrons. The fraction of sp³-hybridized carbons (Fsp3) is 0.609. The van der Waals surface area contributed by atoms with Crippen molar-refractivity contribution in [1.82, 2.24) is 10.6 Å². The van der Waals surface area contributed by atoms with Gasteiger partial charge in [-0.25, -0.2) is 9.59 Å². The molecule has 1 rings (SSSR count). The molecule has 0 heterocycles. The molecule has 1 aromatic rings. The van der Waals surface area contributed by atoms with Crippen LogP contribution in [-0.4, -0.2) is 76.8 Å². The first-order valence-electron chi connectivity index (χ1n) is 11.1. The molecule has 0 aliphatic carbocycles. The molecular formula is C23H36N2O8. The normalized spacial score (nSPS) is 12.5. The summed E-state index contributed by atoms with van der Waals surface area (Å²) in [5, 5.41) is 5.16. The van der Waals surface area contributed by atoms with E-state index in [0.717, 1.165) is 18.4 Å². The van der Waals surface area contributed by atoms with E-state index in [9.17, 15) is 14.4 Å². The summed E-state index contributed by atoms with van der Waals surface area (Å²) in [6, 6.07) is 8.46. The van der Waals surface area contributed by atoms with Crippen LogP contribution in [-0.2, 0) is 39.9 Å². The largest absolute Gasteiger partial charge is 0.467 e. The van der Waals surface area contributed by atoms with Gasteiger partial charge in [0, 0.05) is 13.2 Å². The topological polar surface area (TPSA) is 121 Å². The van der Waals surface area contributed by atoms with Gasteiger partial charge in [0.1, 0.15) is 13.2 Å². The number of hydrogen-bond donors (Lipinski definition) is 2. The monoisotopic (exact) mass is 468 g/mol. The van der Waals surface area contributed by atoms with Crippen LogP contribution in [0.5, 0.6) is 0 Å². The summed E-state index contributed by atoms with van der Waals surface area (Å²) in [6.45, 7) is 5.17. The van der Waals surface area contributed by atoms with Gasteiger partial charge in [-0.15, -0.1) is 0 Å². The number of benzene rings is 1. The van der Waals surface area contributed by atoms with Gasteiger partial charge in [-0.05, 0) is 18.9 Å². The lowest BCUT2D eigenvalue weighted by Crippen LogP contribution is -2.50. The van der Waals surface area contributed by atoms with Crippen molar-refractivity contribution in [3.05, 3.63) is 35.9 Å². The standard InChI is InChI=1S/C23H36N2O8/c1-4-5-12-32-18(2)21(22(27)29-3)25-20(26)17-31-15-14-30-13-11-24-23(28)33-16-19-9-7-6-8-10-19/h6-10,18,21H,4-5,11-17H2,1-3H3,(H,24,28)(H,25,26)/t18?,21-/m1/s1. The average molecular weight is 469 g/mol. The highest BCUT2D eigenvalue weighted by molar-refractivity contribution is 5.85. The molecule has 0 fully saturated rings. The van der Waals surface area contributed by atoms with E-state index in [1.807, 2.05) is 37.3 Å². The van der Waals surface area contributed by atoms with Crippen LogP contribution in [0.1, 0.15) is 32.3 Å². The zero-order valence-electron chi connectivity index (χ0n) is 19.7. The van der Waals surface area contributed by atoms with E-state index < -0.39 is 30.1 Å². The predicted octanol–water partition coefficient (Wildman–Crippen LogP) is 1.81. The van der Waals surface area contributed by atoms with Gasteiger partial charge in [0.05, 0.1) is 33.0 Å². The highest BCUT2D eigenvalue weighted by atomic mass is 16.6. The number of alkyl carbamates (subject to hydrolysis) is 1. The number of esters is 1. The van der Waals surface area contributed by atoms with Crippen molar-refractivity contribution in [3.8, 4) is 0 Å². The first-order valence-corrected chi connectivity index (χ1v) is 11.1. The van der Waals surface area contributed by atoms with Crippen LogP contribution in [0.15, 0.2) is 30.3 Å². The molecule has 1 aromatic carbocycles. The number of rotatable bonds is 17. The quantitative estimate of drug-likeness (QED) is 0.262. The summed E-state index contributed by atoms with van der Waals surface area (Å²) in [7, 11) is 1.26. The molecule has 10 nitrogen and oxygen atoms in total. The fourth-order valence-electron chi connectivity index (χ4n) is 2.60. The Balaban J connectivity index is 2.10. The number of carbonyl (C=O) groups excluding carboxylic acids is 3. The van der Waals surface area contributed by atoms with Gasteiger partial charge in [-0.2, -0.15) is 0 Å². The Morgan fingerprint density at radius 2 is 1.73 bits per heavy atom. The number of unbranched alkanes of at least 4 members (excludes halogenated alkanes) is 1. The van der Waals surface area contributed by atoms with Crippen molar-refractivity contribution >= 4 is 18.0 Å². The van der Waals surface area contributed by atoms with Gasteiger partial charge < -0.3 is 34.3 Å². The highest BCUT2D eigenvalue weighted by Gasteiger charge is 2.28. The van der Waals surface area contributed by atoms with Gasteiger partial charge in [-0.3, -0.25) is 4.79 Å². The number of methoxy groups -OCH3 is 1. The van der Waals surface area contributed by atoms with Crippen molar-refractivity contribution in [2.45, 2.75) is 45.4 Å². The Bertz CT molecular complexity index is 686. The molecule has 186 valence electrons. The third-order valence-corrected chi connectivity index (χ3v) is 4.45. The highest BCUT2D eigenvalue weighted by Crippen LogP contribution is 2.04. The van der Waals surface area contributed by atoms with E-state index in [1.54, 1.807) is 6.92 Å². The van der Waals surface area contributed by atoms with Gasteiger partial charge >= 0.3 is 12.1 Å². The number of carbonyl (C=O) groups is 3. The minimum atomic E-state index is -0.910. The van der Waals surface area contributed by atoms with E-state index in [4.69, 9.17) is 23.7 Å². The maximum atomic E-state index is 12.1. The number of ether oxygens (including phenoxy) is 5. The minimum absolute atomic E-state index is 0.178. The molecule has 10 heteroatoms. The lowest BCUT2D eigenvalue weighted by Gasteiger charge is -2.23. The van der Waals surface area contributed by atoms with Crippen LogP contribution >= 0.6 is 0 Å². The summed E-state index contributed by atoms with van der Waals surface area (Å²) in [5.74, 6) is -1.04. The van der Waals surface area contributed by atoms with E-state index in [2.05, 4.69) is 10.6 Å². The molecular weight excluding hydrogens is 432 g/mol. The van der Waals surface area contributed by atoms with Crippen molar-refractivity contribution in [2.75, 3.05) is 46.7 Å². The fourth-order valence-corrected chi connectivity index (χ4v) is 2.60. The zero-order valence-corrected chi connectivity index (χ0v) is 19.7. The smallest absolute Gasteiger partial charge is 0.407 e. The minimum Gasteiger partial charge on any atom is -0.467 e. The molecule has 1 unspecified atom stereocenters. The van der Waals surface area contributed by atoms with E-state index in [0.29, 0.717) is 6.61 Å². The Hall–Kier alpha value is -2.69. The average Bonchev–Trinajstić information content (AvgIpc) is 2.83. The lowest BCUT2D eigenvalue weighted by molar-refractivity contribution is -0.150. The number of hydrogen-bond acceptors (Lipinski definition) is 8. The lowest BCUT2D eigenvalue weighted by atomic mass is 10.2. The van der Waals surface area contributed by atoms with E-state index in [-0.39, 0.29) is 39.6 Å². The number of nitrogens with one attached hydrogen (secondary N) is 2. The summed E-state index contributed by atoms with van der Waals surface area (Å²) >= 11 is 0. The molecule has 0 aliphatic rings. The van der Waals surface area contributed by atoms with Crippen LogP contribution in [0.3, 0.4) is 0 Å². The Kier molecular flexibility index (Phi) is 15.3. The third-order valence-electron chi connectivity index (χ3n) is 4.45. The summed E-state index contributed by atoms with van der Waals surface area (Å²) < 4.78 is 26.0. The molecule has 0 saturated carbocycles. The molecule has 2 N–H and O–H groups in total. The summed E-state index contributed by atoms with van der Waals surface area (Å²) in [4.78, 5) is 35.6. The second kappa shape index (κ2) is 17.8. The maximum absolute atomic E-state index is 12.1. The summed E-state index contributed by atoms with van der Waals surface area (Å²) in [6.07, 6.45) is 0.776. The Morgan fingerprint density at radius 1 is 1.00 bits per heavy atom. The summed E-state index contributed by atoms with van der Waals surface area (Å²) in [5.41, 5.74) is 0.904. The van der Waals surface area contributed by atoms with Crippen LogP contribution in [0.25, 0.3) is 0 Å². The molecule has 0 aliphatic heterocycles. The molecule has 33 heavy (non-hydrogen) atoms. The van der Waals surface area contributed by atoms with Crippen LogP contribution in [0.4, 0.5) is 4.79 Å². The molecule has 2 amide bonds. The van der Waals surface area contributed by atoms with Crippen molar-refractivity contribution in [1.29, 1.82) is 0 Å². The zero-order chi connectivity index (χ0) is 24.3. The van der Waals surface area contributed by atoms with Gasteiger partial charge in [0.25, 0.3) is 0 Å².